The molecule has 0 aromatic carbocycles. The number of hydrogen-bond acceptors (Lipinski definition) is 5. The Hall–Kier alpha value is -1.24. The van der Waals surface area contributed by atoms with E-state index in [-0.39, 0.29) is 17.2 Å². The first kappa shape index (κ1) is 11.8. The van der Waals surface area contributed by atoms with Crippen LogP contribution in [0.15, 0.2) is 6.20 Å². The summed E-state index contributed by atoms with van der Waals surface area (Å²) < 4.78 is 23.8. The Labute approximate surface area is 88.2 Å². The minimum absolute atomic E-state index is 0.139. The third-order valence-electron chi connectivity index (χ3n) is 1.96. The highest BCUT2D eigenvalue weighted by Crippen LogP contribution is 1.97. The van der Waals surface area contributed by atoms with Crippen LogP contribution in [0, 0.1) is 0 Å². The monoisotopic (exact) mass is 231 g/mol. The van der Waals surface area contributed by atoms with E-state index in [0.29, 0.717) is 19.3 Å². The predicted molar refractivity (Wildman–Crippen MR) is 54.4 cm³/mol. The lowest BCUT2D eigenvalue weighted by molar-refractivity contribution is 0.111. The van der Waals surface area contributed by atoms with Crippen molar-refractivity contribution in [2.75, 3.05) is 11.5 Å². The third-order valence-corrected chi connectivity index (χ3v) is 3.75. The fourth-order valence-electron chi connectivity index (χ4n) is 1.07. The lowest BCUT2D eigenvalue weighted by atomic mass is 10.5. The van der Waals surface area contributed by atoms with Gasteiger partial charge in [0.1, 0.15) is 15.5 Å². The zero-order chi connectivity index (χ0) is 11.3. The van der Waals surface area contributed by atoms with Crippen LogP contribution in [-0.2, 0) is 16.4 Å². The van der Waals surface area contributed by atoms with Crippen LogP contribution in [0.3, 0.4) is 0 Å². The van der Waals surface area contributed by atoms with Crippen molar-refractivity contribution >= 4 is 16.1 Å². The first-order chi connectivity index (χ1) is 7.07. The van der Waals surface area contributed by atoms with Gasteiger partial charge in [0.2, 0.25) is 0 Å². The van der Waals surface area contributed by atoms with E-state index in [4.69, 9.17) is 0 Å². The molecule has 1 heterocycles. The molecule has 0 aliphatic rings. The topological polar surface area (TPSA) is 81.9 Å². The second-order valence-corrected chi connectivity index (χ2v) is 5.59. The van der Waals surface area contributed by atoms with Crippen molar-refractivity contribution in [3.8, 4) is 0 Å². The maximum atomic E-state index is 11.1. The molecule has 0 fully saturated rings. The minimum atomic E-state index is -2.92. The number of aryl methyl sites for hydroxylation is 1. The van der Waals surface area contributed by atoms with Gasteiger partial charge in [0, 0.05) is 12.3 Å². The van der Waals surface area contributed by atoms with E-state index >= 15 is 0 Å². The summed E-state index contributed by atoms with van der Waals surface area (Å²) in [4.78, 5) is 10.3. The Morgan fingerprint density at radius 3 is 2.80 bits per heavy atom. The van der Waals surface area contributed by atoms with E-state index in [0.717, 1.165) is 0 Å². The summed E-state index contributed by atoms with van der Waals surface area (Å²) in [5.41, 5.74) is 0.258. The van der Waals surface area contributed by atoms with Crippen LogP contribution in [0.1, 0.15) is 23.8 Å². The molecule has 6 nitrogen and oxygen atoms in total. The van der Waals surface area contributed by atoms with Crippen LogP contribution in [-0.4, -0.2) is 41.2 Å². The predicted octanol–water partition coefficient (Wildman–Crippen LogP) is -0.0846. The largest absolute Gasteiger partial charge is 0.296 e. The molecule has 0 bridgehead atoms. The molecular formula is C8H13N3O3S. The maximum absolute atomic E-state index is 11.1. The van der Waals surface area contributed by atoms with Crippen molar-refractivity contribution < 1.29 is 13.2 Å². The molecule has 7 heteroatoms. The molecule has 0 aliphatic heterocycles. The average Bonchev–Trinajstić information content (AvgIpc) is 2.66. The molecule has 0 N–H and O–H groups in total. The summed E-state index contributed by atoms with van der Waals surface area (Å²) in [5.74, 6) is 0.295. The number of hydrogen-bond donors (Lipinski definition) is 0. The molecular weight excluding hydrogens is 218 g/mol. The van der Waals surface area contributed by atoms with Gasteiger partial charge in [-0.3, -0.25) is 9.48 Å². The van der Waals surface area contributed by atoms with E-state index in [2.05, 4.69) is 10.3 Å². The van der Waals surface area contributed by atoms with Crippen molar-refractivity contribution in [3.05, 3.63) is 11.9 Å². The van der Waals surface area contributed by atoms with Crippen LogP contribution < -0.4 is 0 Å². The maximum Gasteiger partial charge on any atom is 0.171 e. The first-order valence-corrected chi connectivity index (χ1v) is 6.45. The Balaban J connectivity index is 2.41. The fourth-order valence-corrected chi connectivity index (χ4v) is 1.93. The smallest absolute Gasteiger partial charge is 0.171 e. The van der Waals surface area contributed by atoms with E-state index in [1.165, 1.54) is 10.9 Å². The molecule has 0 atom stereocenters. The van der Waals surface area contributed by atoms with E-state index < -0.39 is 9.84 Å². The van der Waals surface area contributed by atoms with Gasteiger partial charge in [-0.15, -0.1) is 5.10 Å². The molecule has 0 saturated heterocycles. The Morgan fingerprint density at radius 2 is 2.27 bits per heavy atom. The van der Waals surface area contributed by atoms with Crippen LogP contribution in [0.2, 0.25) is 0 Å². The van der Waals surface area contributed by atoms with E-state index in [1.54, 1.807) is 6.92 Å². The molecule has 1 aromatic rings. The Morgan fingerprint density at radius 1 is 1.53 bits per heavy atom. The lowest BCUT2D eigenvalue weighted by Crippen LogP contribution is -2.11. The quantitative estimate of drug-likeness (QED) is 0.639. The van der Waals surface area contributed by atoms with Gasteiger partial charge in [0.25, 0.3) is 0 Å². The molecule has 0 amide bonds. The Kier molecular flexibility index (Phi) is 3.96. The van der Waals surface area contributed by atoms with Crippen LogP contribution in [0.4, 0.5) is 0 Å². The number of aldehydes is 1. The first-order valence-electron chi connectivity index (χ1n) is 4.63. The van der Waals surface area contributed by atoms with E-state index in [1.807, 2.05) is 0 Å². The standard InChI is InChI=1S/C8H13N3O3S/c1-2-15(13,14)5-3-4-11-6-8(7-12)9-10-11/h6-7H,2-5H2,1H3. The summed E-state index contributed by atoms with van der Waals surface area (Å²) in [5, 5.41) is 7.24. The highest BCUT2D eigenvalue weighted by atomic mass is 32.2. The van der Waals surface area contributed by atoms with Gasteiger partial charge in [0.05, 0.1) is 11.9 Å². The molecule has 0 aliphatic carbocycles. The Bertz CT molecular complexity index is 424. The summed E-state index contributed by atoms with van der Waals surface area (Å²) in [7, 11) is -2.92. The number of aromatic nitrogens is 3. The number of nitrogens with zero attached hydrogens (tertiary/aromatic N) is 3. The number of carbonyl (C=O) groups excluding carboxylic acids is 1. The SMILES string of the molecule is CCS(=O)(=O)CCCn1cc(C=O)nn1. The van der Waals surface area contributed by atoms with Crippen LogP contribution >= 0.6 is 0 Å². The number of rotatable bonds is 6. The van der Waals surface area contributed by atoms with Crippen LogP contribution in [0.5, 0.6) is 0 Å². The molecule has 1 aromatic heterocycles. The van der Waals surface area contributed by atoms with Crippen molar-refractivity contribution in [1.82, 2.24) is 15.0 Å². The molecule has 1 rings (SSSR count). The highest BCUT2D eigenvalue weighted by Gasteiger charge is 2.07. The van der Waals surface area contributed by atoms with Gasteiger partial charge in [-0.05, 0) is 6.42 Å². The van der Waals surface area contributed by atoms with Crippen LogP contribution in [0.25, 0.3) is 0 Å². The fraction of sp³-hybridized carbons (Fsp3) is 0.625. The van der Waals surface area contributed by atoms with Gasteiger partial charge in [-0.1, -0.05) is 12.1 Å². The van der Waals surface area contributed by atoms with Crippen molar-refractivity contribution in [1.29, 1.82) is 0 Å². The zero-order valence-electron chi connectivity index (χ0n) is 8.46. The normalized spacial score (nSPS) is 11.5. The summed E-state index contributed by atoms with van der Waals surface area (Å²) in [6, 6.07) is 0. The summed E-state index contributed by atoms with van der Waals surface area (Å²) in [6.07, 6.45) is 2.58. The van der Waals surface area contributed by atoms with Gasteiger partial charge in [0.15, 0.2) is 6.29 Å². The van der Waals surface area contributed by atoms with Crippen molar-refractivity contribution in [2.45, 2.75) is 19.9 Å². The molecule has 15 heavy (non-hydrogen) atoms. The number of carbonyl (C=O) groups is 1. The lowest BCUT2D eigenvalue weighted by Gasteiger charge is -2.00. The second kappa shape index (κ2) is 5.01. The second-order valence-electron chi connectivity index (χ2n) is 3.11. The highest BCUT2D eigenvalue weighted by molar-refractivity contribution is 7.91. The zero-order valence-corrected chi connectivity index (χ0v) is 9.27. The number of sulfone groups is 1. The van der Waals surface area contributed by atoms with Crippen molar-refractivity contribution in [2.24, 2.45) is 0 Å². The summed E-state index contributed by atoms with van der Waals surface area (Å²) >= 11 is 0. The molecule has 0 radical (unpaired) electrons. The average molecular weight is 231 g/mol. The minimum Gasteiger partial charge on any atom is -0.296 e. The van der Waals surface area contributed by atoms with Gasteiger partial charge >= 0.3 is 0 Å². The summed E-state index contributed by atoms with van der Waals surface area (Å²) in [6.45, 7) is 2.08. The molecule has 0 spiro atoms. The van der Waals surface area contributed by atoms with Gasteiger partial charge < -0.3 is 0 Å². The van der Waals surface area contributed by atoms with Crippen molar-refractivity contribution in [3.63, 3.8) is 0 Å². The van der Waals surface area contributed by atoms with E-state index in [9.17, 15) is 13.2 Å². The molecule has 0 saturated carbocycles. The molecule has 84 valence electrons. The molecule has 0 unspecified atom stereocenters. The van der Waals surface area contributed by atoms with Gasteiger partial charge in [-0.25, -0.2) is 8.42 Å². The van der Waals surface area contributed by atoms with Gasteiger partial charge in [-0.2, -0.15) is 0 Å². The third kappa shape index (κ3) is 3.78.